The number of aromatic nitrogens is 1. The van der Waals surface area contributed by atoms with Gasteiger partial charge in [0.1, 0.15) is 18.6 Å². The van der Waals surface area contributed by atoms with Crippen molar-refractivity contribution in [3.63, 3.8) is 0 Å². The quantitative estimate of drug-likeness (QED) is 0.385. The second-order valence-electron chi connectivity index (χ2n) is 7.06. The van der Waals surface area contributed by atoms with Gasteiger partial charge >= 0.3 is 5.97 Å². The first-order valence-electron chi connectivity index (χ1n) is 9.59. The molecule has 6 heteroatoms. The third-order valence-electron chi connectivity index (χ3n) is 4.85. The fraction of sp³-hybridized carbons (Fsp3) is 0.167. The highest BCUT2D eigenvalue weighted by molar-refractivity contribution is 7.15. The Kier molecular flexibility index (Phi) is 5.95. The highest BCUT2D eigenvalue weighted by Crippen LogP contribution is 2.31. The van der Waals surface area contributed by atoms with Crippen LogP contribution in [0.3, 0.4) is 0 Å². The molecule has 0 aliphatic carbocycles. The van der Waals surface area contributed by atoms with Crippen molar-refractivity contribution in [2.75, 3.05) is 0 Å². The summed E-state index contributed by atoms with van der Waals surface area (Å²) in [6.45, 7) is 2.57. The van der Waals surface area contributed by atoms with Crippen molar-refractivity contribution < 1.29 is 19.2 Å². The molecule has 0 amide bonds. The molecule has 0 spiro atoms. The van der Waals surface area contributed by atoms with Gasteiger partial charge in [0.15, 0.2) is 0 Å². The molecule has 5 nitrogen and oxygen atoms in total. The molecular weight excluding hydrogens is 398 g/mol. The molecule has 30 heavy (non-hydrogen) atoms. The molecule has 4 aromatic rings. The smallest absolute Gasteiger partial charge is 0.304 e. The number of aryl methyl sites for hydroxylation is 1. The van der Waals surface area contributed by atoms with E-state index < -0.39 is 5.97 Å². The van der Waals surface area contributed by atoms with E-state index in [1.807, 2.05) is 24.3 Å². The molecule has 1 unspecified atom stereocenters. The SMILES string of the molecule is Cc1ccc(-c2ccc(COc3ccc(C(CC(=O)O)c4ccon4)cc3)s2)cc1. The third-order valence-corrected chi connectivity index (χ3v) is 5.96. The number of aliphatic carboxylic acids is 1. The van der Waals surface area contributed by atoms with Gasteiger partial charge in [-0.1, -0.05) is 47.1 Å². The van der Waals surface area contributed by atoms with Crippen molar-refractivity contribution in [3.05, 3.63) is 94.7 Å². The Balaban J connectivity index is 1.41. The van der Waals surface area contributed by atoms with Crippen molar-refractivity contribution in [3.8, 4) is 16.2 Å². The monoisotopic (exact) mass is 419 g/mol. The molecule has 0 bridgehead atoms. The molecule has 2 aromatic heterocycles. The van der Waals surface area contributed by atoms with E-state index in [1.165, 1.54) is 22.3 Å². The van der Waals surface area contributed by atoms with E-state index in [0.29, 0.717) is 12.3 Å². The van der Waals surface area contributed by atoms with Gasteiger partial charge in [-0.15, -0.1) is 11.3 Å². The van der Waals surface area contributed by atoms with E-state index >= 15 is 0 Å². The van der Waals surface area contributed by atoms with Gasteiger partial charge in [0.2, 0.25) is 0 Å². The van der Waals surface area contributed by atoms with Crippen LogP contribution >= 0.6 is 11.3 Å². The maximum absolute atomic E-state index is 11.2. The van der Waals surface area contributed by atoms with Crippen LogP contribution in [0, 0.1) is 6.92 Å². The van der Waals surface area contributed by atoms with Crippen LogP contribution in [0.15, 0.2) is 77.5 Å². The molecule has 2 heterocycles. The predicted molar refractivity (Wildman–Crippen MR) is 116 cm³/mol. The highest BCUT2D eigenvalue weighted by atomic mass is 32.1. The first-order chi connectivity index (χ1) is 14.6. The maximum Gasteiger partial charge on any atom is 0.304 e. The van der Waals surface area contributed by atoms with Crippen LogP contribution in [0.5, 0.6) is 5.75 Å². The minimum absolute atomic E-state index is 0.0519. The topological polar surface area (TPSA) is 72.6 Å². The number of benzene rings is 2. The summed E-state index contributed by atoms with van der Waals surface area (Å²) in [7, 11) is 0. The van der Waals surface area contributed by atoms with E-state index in [-0.39, 0.29) is 12.3 Å². The zero-order valence-corrected chi connectivity index (χ0v) is 17.3. The Morgan fingerprint density at radius 2 is 1.83 bits per heavy atom. The fourth-order valence-electron chi connectivity index (χ4n) is 3.25. The number of ether oxygens (including phenoxy) is 1. The van der Waals surface area contributed by atoms with Crippen LogP contribution in [-0.2, 0) is 11.4 Å². The standard InChI is InChI=1S/C24H21NO4S/c1-16-2-4-18(5-3-16)23-11-10-20(30-23)15-28-19-8-6-17(7-9-19)21(14-24(26)27)22-12-13-29-25-22/h2-13,21H,14-15H2,1H3,(H,26,27). The Bertz CT molecular complexity index is 1100. The van der Waals surface area contributed by atoms with Gasteiger partial charge in [-0.05, 0) is 42.3 Å². The maximum atomic E-state index is 11.2. The van der Waals surface area contributed by atoms with E-state index in [9.17, 15) is 9.90 Å². The second-order valence-corrected chi connectivity index (χ2v) is 8.23. The molecule has 0 saturated carbocycles. The largest absolute Gasteiger partial charge is 0.488 e. The van der Waals surface area contributed by atoms with Crippen molar-refractivity contribution in [2.45, 2.75) is 25.9 Å². The van der Waals surface area contributed by atoms with E-state index in [1.54, 1.807) is 17.4 Å². The summed E-state index contributed by atoms with van der Waals surface area (Å²) in [5.41, 5.74) is 3.92. The van der Waals surface area contributed by atoms with Crippen LogP contribution < -0.4 is 4.74 Å². The molecular formula is C24H21NO4S. The van der Waals surface area contributed by atoms with Gasteiger partial charge in [-0.3, -0.25) is 4.79 Å². The molecule has 1 N–H and O–H groups in total. The molecule has 4 rings (SSSR count). The average Bonchev–Trinajstić information content (AvgIpc) is 3.44. The summed E-state index contributed by atoms with van der Waals surface area (Å²) in [6.07, 6.45) is 1.40. The molecule has 0 aliphatic heterocycles. The molecule has 0 radical (unpaired) electrons. The third kappa shape index (κ3) is 4.78. The van der Waals surface area contributed by atoms with Crippen LogP contribution in [-0.4, -0.2) is 16.2 Å². The lowest BCUT2D eigenvalue weighted by atomic mass is 9.92. The molecule has 152 valence electrons. The minimum Gasteiger partial charge on any atom is -0.488 e. The number of carboxylic acids is 1. The number of rotatable bonds is 8. The first kappa shape index (κ1) is 19.9. The zero-order chi connectivity index (χ0) is 20.9. The number of carboxylic acid groups (broad SMARTS) is 1. The average molecular weight is 420 g/mol. The Hall–Kier alpha value is -3.38. The summed E-state index contributed by atoms with van der Waals surface area (Å²) in [6, 6.07) is 21.9. The van der Waals surface area contributed by atoms with E-state index in [4.69, 9.17) is 9.26 Å². The Morgan fingerprint density at radius 3 is 2.50 bits per heavy atom. The first-order valence-corrected chi connectivity index (χ1v) is 10.4. The van der Waals surface area contributed by atoms with E-state index in [2.05, 4.69) is 48.5 Å². The van der Waals surface area contributed by atoms with Crippen molar-refractivity contribution in [2.24, 2.45) is 0 Å². The number of nitrogens with zero attached hydrogens (tertiary/aromatic N) is 1. The summed E-state index contributed by atoms with van der Waals surface area (Å²) in [5, 5.41) is 13.1. The predicted octanol–water partition coefficient (Wildman–Crippen LogP) is 5.90. The fourth-order valence-corrected chi connectivity index (χ4v) is 4.18. The van der Waals surface area contributed by atoms with Crippen LogP contribution in [0.2, 0.25) is 0 Å². The normalized spacial score (nSPS) is 11.9. The number of hydrogen-bond donors (Lipinski definition) is 1. The summed E-state index contributed by atoms with van der Waals surface area (Å²) < 4.78 is 10.8. The minimum atomic E-state index is -0.884. The molecule has 0 aliphatic rings. The van der Waals surface area contributed by atoms with Gasteiger partial charge < -0.3 is 14.4 Å². The molecule has 0 fully saturated rings. The summed E-state index contributed by atoms with van der Waals surface area (Å²) in [4.78, 5) is 13.6. The van der Waals surface area contributed by atoms with Crippen LogP contribution in [0.25, 0.3) is 10.4 Å². The summed E-state index contributed by atoms with van der Waals surface area (Å²) >= 11 is 1.72. The highest BCUT2D eigenvalue weighted by Gasteiger charge is 2.20. The number of carbonyl (C=O) groups is 1. The van der Waals surface area contributed by atoms with Crippen molar-refractivity contribution >= 4 is 17.3 Å². The summed E-state index contributed by atoms with van der Waals surface area (Å²) in [5.74, 6) is -0.506. The van der Waals surface area contributed by atoms with Crippen LogP contribution in [0.1, 0.15) is 34.0 Å². The molecule has 1 atom stereocenters. The number of thiophene rings is 1. The Morgan fingerprint density at radius 1 is 1.07 bits per heavy atom. The van der Waals surface area contributed by atoms with E-state index in [0.717, 1.165) is 16.2 Å². The van der Waals surface area contributed by atoms with Gasteiger partial charge in [0.05, 0.1) is 12.1 Å². The lowest BCUT2D eigenvalue weighted by Crippen LogP contribution is -2.08. The molecule has 2 aromatic carbocycles. The van der Waals surface area contributed by atoms with Gasteiger partial charge in [-0.25, -0.2) is 0 Å². The Labute approximate surface area is 178 Å². The molecule has 0 saturated heterocycles. The van der Waals surface area contributed by atoms with Crippen molar-refractivity contribution in [1.29, 1.82) is 0 Å². The lowest BCUT2D eigenvalue weighted by Gasteiger charge is -2.13. The van der Waals surface area contributed by atoms with Gasteiger partial charge in [0, 0.05) is 21.7 Å². The van der Waals surface area contributed by atoms with Gasteiger partial charge in [0.25, 0.3) is 0 Å². The zero-order valence-electron chi connectivity index (χ0n) is 16.4. The van der Waals surface area contributed by atoms with Gasteiger partial charge in [-0.2, -0.15) is 0 Å². The number of hydrogen-bond acceptors (Lipinski definition) is 5. The lowest BCUT2D eigenvalue weighted by molar-refractivity contribution is -0.137. The second kappa shape index (κ2) is 8.97. The van der Waals surface area contributed by atoms with Crippen LogP contribution in [0.4, 0.5) is 0 Å². The van der Waals surface area contributed by atoms with Crippen molar-refractivity contribution in [1.82, 2.24) is 5.16 Å².